The van der Waals surface area contributed by atoms with Gasteiger partial charge in [-0.3, -0.25) is 0 Å². The van der Waals surface area contributed by atoms with Crippen molar-refractivity contribution < 1.29 is 9.53 Å². The largest absolute Gasteiger partial charge is 0.444 e. The molecular formula is C12H24N2O2. The van der Waals surface area contributed by atoms with Crippen LogP contribution in [0.3, 0.4) is 0 Å². The fourth-order valence-corrected chi connectivity index (χ4v) is 2.29. The average molecular weight is 228 g/mol. The SMILES string of the molecule is CC[C@@H]1[C@@H](CN)CCN1C(=O)OC(C)(C)C. The molecule has 1 aliphatic rings. The fraction of sp³-hybridized carbons (Fsp3) is 0.917. The van der Waals surface area contributed by atoms with Gasteiger partial charge in [-0.2, -0.15) is 0 Å². The number of carbonyl (C=O) groups is 1. The molecule has 2 atom stereocenters. The fourth-order valence-electron chi connectivity index (χ4n) is 2.29. The Hall–Kier alpha value is -0.770. The van der Waals surface area contributed by atoms with Gasteiger partial charge < -0.3 is 15.4 Å². The van der Waals surface area contributed by atoms with Crippen LogP contribution < -0.4 is 5.73 Å². The summed E-state index contributed by atoms with van der Waals surface area (Å²) in [6, 6.07) is 0.250. The first kappa shape index (κ1) is 13.3. The number of hydrogen-bond donors (Lipinski definition) is 1. The van der Waals surface area contributed by atoms with Crippen LogP contribution in [0.25, 0.3) is 0 Å². The molecule has 0 spiro atoms. The van der Waals surface area contributed by atoms with Crippen molar-refractivity contribution in [1.82, 2.24) is 4.90 Å². The van der Waals surface area contributed by atoms with Crippen LogP contribution in [0.5, 0.6) is 0 Å². The summed E-state index contributed by atoms with van der Waals surface area (Å²) in [5.41, 5.74) is 5.29. The Morgan fingerprint density at radius 3 is 2.56 bits per heavy atom. The molecule has 1 amide bonds. The number of rotatable bonds is 2. The Balaban J connectivity index is 2.63. The summed E-state index contributed by atoms with van der Waals surface area (Å²) < 4.78 is 5.39. The molecule has 1 fully saturated rings. The second kappa shape index (κ2) is 5.04. The van der Waals surface area contributed by atoms with Gasteiger partial charge in [0, 0.05) is 12.6 Å². The van der Waals surface area contributed by atoms with Gasteiger partial charge in [-0.1, -0.05) is 6.92 Å². The third-order valence-electron chi connectivity index (χ3n) is 3.03. The maximum atomic E-state index is 12.0. The van der Waals surface area contributed by atoms with Crippen LogP contribution in [0.2, 0.25) is 0 Å². The lowest BCUT2D eigenvalue weighted by Crippen LogP contribution is -2.42. The van der Waals surface area contributed by atoms with Gasteiger partial charge in [-0.05, 0) is 46.1 Å². The summed E-state index contributed by atoms with van der Waals surface area (Å²) in [7, 11) is 0. The predicted octanol–water partition coefficient (Wildman–Crippen LogP) is 1.98. The summed E-state index contributed by atoms with van der Waals surface area (Å²) in [6.45, 7) is 9.19. The van der Waals surface area contributed by atoms with Crippen molar-refractivity contribution in [2.24, 2.45) is 11.7 Å². The van der Waals surface area contributed by atoms with Gasteiger partial charge >= 0.3 is 6.09 Å². The van der Waals surface area contributed by atoms with E-state index in [1.807, 2.05) is 25.7 Å². The Kier molecular flexibility index (Phi) is 4.19. The number of carbonyl (C=O) groups excluding carboxylic acids is 1. The third kappa shape index (κ3) is 3.11. The lowest BCUT2D eigenvalue weighted by atomic mass is 9.99. The second-order valence-corrected chi connectivity index (χ2v) is 5.43. The van der Waals surface area contributed by atoms with E-state index < -0.39 is 5.60 Å². The van der Waals surface area contributed by atoms with Crippen molar-refractivity contribution in [3.63, 3.8) is 0 Å². The summed E-state index contributed by atoms with van der Waals surface area (Å²) in [4.78, 5) is 13.8. The summed E-state index contributed by atoms with van der Waals surface area (Å²) in [6.07, 6.45) is 1.74. The molecule has 2 N–H and O–H groups in total. The van der Waals surface area contributed by atoms with Crippen molar-refractivity contribution in [1.29, 1.82) is 0 Å². The van der Waals surface area contributed by atoms with E-state index in [1.54, 1.807) is 0 Å². The quantitative estimate of drug-likeness (QED) is 0.786. The average Bonchev–Trinajstić information content (AvgIpc) is 2.57. The number of ether oxygens (including phenoxy) is 1. The van der Waals surface area contributed by atoms with Gasteiger partial charge in [-0.25, -0.2) is 4.79 Å². The molecular weight excluding hydrogens is 204 g/mol. The molecule has 0 bridgehead atoms. The molecule has 0 aromatic heterocycles. The highest BCUT2D eigenvalue weighted by atomic mass is 16.6. The Bertz CT molecular complexity index is 248. The molecule has 94 valence electrons. The monoisotopic (exact) mass is 228 g/mol. The number of nitrogens with two attached hydrogens (primary N) is 1. The maximum absolute atomic E-state index is 12.0. The zero-order valence-corrected chi connectivity index (χ0v) is 10.8. The van der Waals surface area contributed by atoms with Crippen LogP contribution in [-0.4, -0.2) is 35.7 Å². The standard InChI is InChI=1S/C12H24N2O2/c1-5-10-9(8-13)6-7-14(10)11(15)16-12(2,3)4/h9-10H,5-8,13H2,1-4H3/t9-,10-/m1/s1. The van der Waals surface area contributed by atoms with E-state index in [9.17, 15) is 4.79 Å². The number of likely N-dealkylation sites (tertiary alicyclic amines) is 1. The summed E-state index contributed by atoms with van der Waals surface area (Å²) >= 11 is 0. The molecule has 0 unspecified atom stereocenters. The molecule has 0 aromatic rings. The first-order valence-electron chi connectivity index (χ1n) is 6.08. The minimum Gasteiger partial charge on any atom is -0.444 e. The van der Waals surface area contributed by atoms with Gasteiger partial charge in [0.25, 0.3) is 0 Å². The van der Waals surface area contributed by atoms with Crippen LogP contribution in [-0.2, 0) is 4.74 Å². The van der Waals surface area contributed by atoms with Gasteiger partial charge in [0.1, 0.15) is 5.60 Å². The number of nitrogens with zero attached hydrogens (tertiary/aromatic N) is 1. The van der Waals surface area contributed by atoms with E-state index in [1.165, 1.54) is 0 Å². The Labute approximate surface area is 98.1 Å². The highest BCUT2D eigenvalue weighted by Crippen LogP contribution is 2.27. The smallest absolute Gasteiger partial charge is 0.410 e. The van der Waals surface area contributed by atoms with Crippen molar-refractivity contribution >= 4 is 6.09 Å². The molecule has 16 heavy (non-hydrogen) atoms. The van der Waals surface area contributed by atoms with Crippen LogP contribution in [0.15, 0.2) is 0 Å². The van der Waals surface area contributed by atoms with Gasteiger partial charge in [0.2, 0.25) is 0 Å². The van der Waals surface area contributed by atoms with Crippen molar-refractivity contribution in [3.8, 4) is 0 Å². The van der Waals surface area contributed by atoms with Gasteiger partial charge in [-0.15, -0.1) is 0 Å². The summed E-state index contributed by atoms with van der Waals surface area (Å²) in [5, 5.41) is 0. The van der Waals surface area contributed by atoms with Crippen molar-refractivity contribution in [2.75, 3.05) is 13.1 Å². The lowest BCUT2D eigenvalue weighted by Gasteiger charge is -2.29. The molecule has 1 aliphatic heterocycles. The molecule has 4 nitrogen and oxygen atoms in total. The summed E-state index contributed by atoms with van der Waals surface area (Å²) in [5.74, 6) is 0.428. The van der Waals surface area contributed by atoms with E-state index in [2.05, 4.69) is 6.92 Å². The predicted molar refractivity (Wildman–Crippen MR) is 64.2 cm³/mol. The van der Waals surface area contributed by atoms with E-state index in [0.717, 1.165) is 19.4 Å². The minimum atomic E-state index is -0.420. The van der Waals surface area contributed by atoms with Gasteiger partial charge in [0.15, 0.2) is 0 Å². The maximum Gasteiger partial charge on any atom is 0.410 e. The van der Waals surface area contributed by atoms with Crippen LogP contribution in [0, 0.1) is 5.92 Å². The molecule has 1 rings (SSSR count). The molecule has 1 heterocycles. The normalized spacial score (nSPS) is 25.9. The second-order valence-electron chi connectivity index (χ2n) is 5.43. The van der Waals surface area contributed by atoms with Crippen molar-refractivity contribution in [2.45, 2.75) is 52.2 Å². The van der Waals surface area contributed by atoms with Crippen LogP contribution in [0.4, 0.5) is 4.79 Å². The minimum absolute atomic E-state index is 0.199. The molecule has 0 radical (unpaired) electrons. The van der Waals surface area contributed by atoms with Crippen LogP contribution in [0.1, 0.15) is 40.5 Å². The number of hydrogen-bond acceptors (Lipinski definition) is 3. The van der Waals surface area contributed by atoms with E-state index in [-0.39, 0.29) is 12.1 Å². The Morgan fingerprint density at radius 1 is 1.50 bits per heavy atom. The third-order valence-corrected chi connectivity index (χ3v) is 3.03. The Morgan fingerprint density at radius 2 is 2.12 bits per heavy atom. The molecule has 1 saturated heterocycles. The zero-order valence-electron chi connectivity index (χ0n) is 10.8. The zero-order chi connectivity index (χ0) is 12.3. The topological polar surface area (TPSA) is 55.6 Å². The van der Waals surface area contributed by atoms with E-state index in [4.69, 9.17) is 10.5 Å². The molecule has 0 aromatic carbocycles. The molecule has 0 aliphatic carbocycles. The van der Waals surface area contributed by atoms with E-state index >= 15 is 0 Å². The lowest BCUT2D eigenvalue weighted by molar-refractivity contribution is 0.0206. The van der Waals surface area contributed by atoms with Gasteiger partial charge in [0.05, 0.1) is 0 Å². The number of amides is 1. The molecule has 4 heteroatoms. The van der Waals surface area contributed by atoms with E-state index in [0.29, 0.717) is 12.5 Å². The van der Waals surface area contributed by atoms with Crippen molar-refractivity contribution in [3.05, 3.63) is 0 Å². The highest BCUT2D eigenvalue weighted by molar-refractivity contribution is 5.69. The van der Waals surface area contributed by atoms with Crippen LogP contribution >= 0.6 is 0 Å². The first-order valence-corrected chi connectivity index (χ1v) is 6.08. The molecule has 0 saturated carbocycles. The highest BCUT2D eigenvalue weighted by Gasteiger charge is 2.36. The first-order chi connectivity index (χ1) is 7.39.